The summed E-state index contributed by atoms with van der Waals surface area (Å²) >= 11 is 0. The Hall–Kier alpha value is -3.25. The molecular formula is C25H26FNO4. The lowest BCUT2D eigenvalue weighted by molar-refractivity contribution is 0.205. The molecule has 3 aromatic carbocycles. The second kappa shape index (κ2) is 9.27. The van der Waals surface area contributed by atoms with Gasteiger partial charge < -0.3 is 24.3 Å². The van der Waals surface area contributed by atoms with Crippen LogP contribution >= 0.6 is 0 Å². The highest BCUT2D eigenvalue weighted by Crippen LogP contribution is 2.49. The van der Waals surface area contributed by atoms with Crippen molar-refractivity contribution in [3.05, 3.63) is 83.2 Å². The lowest BCUT2D eigenvalue weighted by Gasteiger charge is -2.22. The summed E-state index contributed by atoms with van der Waals surface area (Å²) in [6.07, 6.45) is -0.216. The van der Waals surface area contributed by atoms with Crippen molar-refractivity contribution in [2.24, 2.45) is 0 Å². The summed E-state index contributed by atoms with van der Waals surface area (Å²) in [5, 5.41) is 3.49. The van der Waals surface area contributed by atoms with Crippen LogP contribution in [-0.2, 0) is 6.54 Å². The van der Waals surface area contributed by atoms with Crippen LogP contribution in [-0.4, -0.2) is 27.9 Å². The van der Waals surface area contributed by atoms with Gasteiger partial charge in [0.05, 0.1) is 21.3 Å². The quantitative estimate of drug-likeness (QED) is 0.561. The van der Waals surface area contributed by atoms with Crippen molar-refractivity contribution >= 4 is 0 Å². The van der Waals surface area contributed by atoms with Crippen LogP contribution in [0.4, 0.5) is 4.39 Å². The van der Waals surface area contributed by atoms with E-state index >= 15 is 0 Å². The molecule has 1 aliphatic heterocycles. The summed E-state index contributed by atoms with van der Waals surface area (Å²) in [5.74, 6) is 2.46. The molecule has 1 N–H and O–H groups in total. The Morgan fingerprint density at radius 2 is 1.58 bits per heavy atom. The fourth-order valence-electron chi connectivity index (χ4n) is 4.03. The fourth-order valence-corrected chi connectivity index (χ4v) is 4.03. The second-order valence-electron chi connectivity index (χ2n) is 7.40. The number of ether oxygens (including phenoxy) is 4. The number of methoxy groups -OCH3 is 3. The Kier molecular flexibility index (Phi) is 6.28. The molecule has 1 heterocycles. The van der Waals surface area contributed by atoms with Gasteiger partial charge in [-0.15, -0.1) is 0 Å². The minimum atomic E-state index is -0.232. The molecule has 5 nitrogen and oxygen atoms in total. The third-order valence-corrected chi connectivity index (χ3v) is 5.56. The average molecular weight is 423 g/mol. The third kappa shape index (κ3) is 4.30. The van der Waals surface area contributed by atoms with Crippen molar-refractivity contribution < 1.29 is 23.3 Å². The monoisotopic (exact) mass is 423 g/mol. The van der Waals surface area contributed by atoms with Gasteiger partial charge in [0.1, 0.15) is 17.7 Å². The van der Waals surface area contributed by atoms with E-state index in [4.69, 9.17) is 18.9 Å². The van der Waals surface area contributed by atoms with Crippen LogP contribution in [0.2, 0.25) is 0 Å². The second-order valence-corrected chi connectivity index (χ2v) is 7.40. The van der Waals surface area contributed by atoms with E-state index in [0.29, 0.717) is 30.3 Å². The van der Waals surface area contributed by atoms with E-state index in [1.54, 1.807) is 33.5 Å². The first-order valence-corrected chi connectivity index (χ1v) is 10.1. The predicted molar refractivity (Wildman–Crippen MR) is 117 cm³/mol. The molecule has 0 saturated carbocycles. The SMILES string of the molecule is COc1cc(C2Oc3ccccc3C2CNCc2ccc(F)cc2)cc(OC)c1OC. The molecule has 0 aliphatic carbocycles. The van der Waals surface area contributed by atoms with Crippen molar-refractivity contribution in [3.8, 4) is 23.0 Å². The molecule has 0 radical (unpaired) electrons. The van der Waals surface area contributed by atoms with Crippen molar-refractivity contribution in [2.75, 3.05) is 27.9 Å². The van der Waals surface area contributed by atoms with Gasteiger partial charge in [0.15, 0.2) is 11.5 Å². The summed E-state index contributed by atoms with van der Waals surface area (Å²) in [6, 6.07) is 18.5. The normalized spacial score (nSPS) is 17.0. The summed E-state index contributed by atoms with van der Waals surface area (Å²) in [6.45, 7) is 1.33. The molecular weight excluding hydrogens is 397 g/mol. The van der Waals surface area contributed by atoms with Crippen molar-refractivity contribution in [1.29, 1.82) is 0 Å². The van der Waals surface area contributed by atoms with Crippen LogP contribution in [0.25, 0.3) is 0 Å². The van der Waals surface area contributed by atoms with E-state index in [1.807, 2.05) is 30.3 Å². The zero-order chi connectivity index (χ0) is 21.8. The van der Waals surface area contributed by atoms with Gasteiger partial charge in [0.25, 0.3) is 0 Å². The van der Waals surface area contributed by atoms with Crippen LogP contribution < -0.4 is 24.3 Å². The van der Waals surface area contributed by atoms with Crippen LogP contribution in [0.15, 0.2) is 60.7 Å². The summed E-state index contributed by atoms with van der Waals surface area (Å²) < 4.78 is 36.0. The molecule has 4 rings (SSSR count). The molecule has 162 valence electrons. The maximum atomic E-state index is 13.2. The van der Waals surface area contributed by atoms with E-state index in [2.05, 4.69) is 11.4 Å². The van der Waals surface area contributed by atoms with Gasteiger partial charge in [0.2, 0.25) is 5.75 Å². The number of fused-ring (bicyclic) bond motifs is 1. The van der Waals surface area contributed by atoms with Gasteiger partial charge in [-0.2, -0.15) is 0 Å². The molecule has 0 bridgehead atoms. The molecule has 2 atom stereocenters. The van der Waals surface area contributed by atoms with Gasteiger partial charge in [-0.25, -0.2) is 4.39 Å². The maximum Gasteiger partial charge on any atom is 0.203 e. The van der Waals surface area contributed by atoms with Crippen molar-refractivity contribution in [3.63, 3.8) is 0 Å². The first kappa shape index (κ1) is 21.0. The molecule has 1 aliphatic rings. The van der Waals surface area contributed by atoms with Crippen LogP contribution in [0, 0.1) is 5.82 Å². The number of rotatable bonds is 8. The Labute approximate surface area is 181 Å². The van der Waals surface area contributed by atoms with Gasteiger partial charge in [-0.1, -0.05) is 30.3 Å². The highest BCUT2D eigenvalue weighted by molar-refractivity contribution is 5.55. The number of halogens is 1. The van der Waals surface area contributed by atoms with Crippen LogP contribution in [0.1, 0.15) is 28.7 Å². The van der Waals surface area contributed by atoms with Gasteiger partial charge in [0, 0.05) is 30.1 Å². The highest BCUT2D eigenvalue weighted by Gasteiger charge is 2.36. The molecule has 0 spiro atoms. The fraction of sp³-hybridized carbons (Fsp3) is 0.280. The molecule has 3 aromatic rings. The Morgan fingerprint density at radius 1 is 0.903 bits per heavy atom. The lowest BCUT2D eigenvalue weighted by atomic mass is 9.90. The molecule has 6 heteroatoms. The molecule has 0 fully saturated rings. The lowest BCUT2D eigenvalue weighted by Crippen LogP contribution is -2.24. The van der Waals surface area contributed by atoms with Crippen molar-refractivity contribution in [2.45, 2.75) is 18.6 Å². The van der Waals surface area contributed by atoms with Crippen LogP contribution in [0.5, 0.6) is 23.0 Å². The standard InChI is InChI=1S/C25H26FNO4/c1-28-22-12-17(13-23(29-2)25(22)30-3)24-20(19-6-4-5-7-21(19)31-24)15-27-14-16-8-10-18(26)11-9-16/h4-13,20,24,27H,14-15H2,1-3H3. The Balaban J connectivity index is 1.61. The predicted octanol–water partition coefficient (Wildman–Crippen LogP) is 4.86. The van der Waals surface area contributed by atoms with Crippen molar-refractivity contribution in [1.82, 2.24) is 5.32 Å². The average Bonchev–Trinajstić information content (AvgIpc) is 3.18. The summed E-state index contributed by atoms with van der Waals surface area (Å²) in [4.78, 5) is 0. The maximum absolute atomic E-state index is 13.2. The highest BCUT2D eigenvalue weighted by atomic mass is 19.1. The Morgan fingerprint density at radius 3 is 2.23 bits per heavy atom. The van der Waals surface area contributed by atoms with E-state index in [0.717, 1.165) is 22.4 Å². The molecule has 31 heavy (non-hydrogen) atoms. The first-order valence-electron chi connectivity index (χ1n) is 10.1. The van der Waals surface area contributed by atoms with E-state index in [1.165, 1.54) is 12.1 Å². The number of hydrogen-bond donors (Lipinski definition) is 1. The Bertz CT molecular complexity index is 1010. The number of hydrogen-bond acceptors (Lipinski definition) is 5. The van der Waals surface area contributed by atoms with Gasteiger partial charge >= 0.3 is 0 Å². The van der Waals surface area contributed by atoms with Gasteiger partial charge in [-0.05, 0) is 35.9 Å². The third-order valence-electron chi connectivity index (χ3n) is 5.56. The van der Waals surface area contributed by atoms with E-state index in [9.17, 15) is 4.39 Å². The largest absolute Gasteiger partial charge is 0.493 e. The smallest absolute Gasteiger partial charge is 0.203 e. The molecule has 0 aromatic heterocycles. The first-order chi connectivity index (χ1) is 15.1. The summed E-state index contributed by atoms with van der Waals surface area (Å²) in [5.41, 5.74) is 3.12. The molecule has 0 saturated heterocycles. The van der Waals surface area contributed by atoms with Crippen LogP contribution in [0.3, 0.4) is 0 Å². The minimum Gasteiger partial charge on any atom is -0.493 e. The molecule has 2 unspecified atom stereocenters. The van der Waals surface area contributed by atoms with E-state index < -0.39 is 0 Å². The topological polar surface area (TPSA) is 49.0 Å². The molecule has 0 amide bonds. The minimum absolute atomic E-state index is 0.0828. The van der Waals surface area contributed by atoms with E-state index in [-0.39, 0.29) is 17.8 Å². The number of para-hydroxylation sites is 1. The zero-order valence-corrected chi connectivity index (χ0v) is 17.9. The number of nitrogens with one attached hydrogen (secondary N) is 1. The van der Waals surface area contributed by atoms with Gasteiger partial charge in [-0.3, -0.25) is 0 Å². The zero-order valence-electron chi connectivity index (χ0n) is 17.9. The number of benzene rings is 3. The summed E-state index contributed by atoms with van der Waals surface area (Å²) in [7, 11) is 4.80.